The number of nitrogens with one attached hydrogen (secondary N) is 1. The van der Waals surface area contributed by atoms with E-state index < -0.39 is 10.0 Å². The largest absolute Gasteiger partial charge is 0.355 e. The van der Waals surface area contributed by atoms with Crippen LogP contribution in [0.15, 0.2) is 18.2 Å². The maximum absolute atomic E-state index is 12.7. The molecule has 1 saturated carbocycles. The van der Waals surface area contributed by atoms with Crippen molar-refractivity contribution < 1.29 is 13.2 Å². The third-order valence-electron chi connectivity index (χ3n) is 5.61. The Morgan fingerprint density at radius 1 is 1.10 bits per heavy atom. The number of hydrogen-bond acceptors (Lipinski definition) is 4. The summed E-state index contributed by atoms with van der Waals surface area (Å²) >= 11 is 13.8. The van der Waals surface area contributed by atoms with Gasteiger partial charge in [0.1, 0.15) is 0 Å². The Kier molecular flexibility index (Phi) is 8.57. The average Bonchev–Trinajstić information content (AvgIpc) is 3.21. The maximum Gasteiger partial charge on any atom is 0.223 e. The first kappa shape index (κ1) is 23.2. The number of carbonyl (C=O) groups is 1. The Hall–Kier alpha value is -0.470. The van der Waals surface area contributed by atoms with Gasteiger partial charge < -0.3 is 5.32 Å². The normalized spacial score (nSPS) is 19.5. The zero-order chi connectivity index (χ0) is 20.9. The molecule has 162 valence electrons. The van der Waals surface area contributed by atoms with Gasteiger partial charge in [0.25, 0.3) is 0 Å². The lowest BCUT2D eigenvalue weighted by molar-refractivity contribution is -0.125. The van der Waals surface area contributed by atoms with Crippen molar-refractivity contribution in [2.75, 3.05) is 25.4 Å². The second kappa shape index (κ2) is 10.7. The van der Waals surface area contributed by atoms with Gasteiger partial charge in [-0.3, -0.25) is 4.79 Å². The summed E-state index contributed by atoms with van der Waals surface area (Å²) in [6.45, 7) is 1.44. The molecule has 1 N–H and O–H groups in total. The van der Waals surface area contributed by atoms with Crippen LogP contribution in [0.2, 0.25) is 10.0 Å². The van der Waals surface area contributed by atoms with Gasteiger partial charge in [-0.1, -0.05) is 42.1 Å². The molecule has 0 atom stereocenters. The van der Waals surface area contributed by atoms with Crippen molar-refractivity contribution in [3.8, 4) is 0 Å². The smallest absolute Gasteiger partial charge is 0.223 e. The van der Waals surface area contributed by atoms with Crippen LogP contribution in [0.1, 0.15) is 44.1 Å². The molecule has 1 aromatic carbocycles. The fourth-order valence-electron chi connectivity index (χ4n) is 3.93. The molecular weight excluding hydrogens is 451 g/mol. The van der Waals surface area contributed by atoms with Gasteiger partial charge in [-0.2, -0.15) is 11.8 Å². The monoisotopic (exact) mass is 478 g/mol. The molecule has 1 aliphatic carbocycles. The van der Waals surface area contributed by atoms with E-state index in [9.17, 15) is 13.2 Å². The fourth-order valence-corrected chi connectivity index (χ4v) is 7.02. The van der Waals surface area contributed by atoms with Crippen molar-refractivity contribution in [1.82, 2.24) is 9.62 Å². The topological polar surface area (TPSA) is 66.5 Å². The number of halogens is 2. The number of hydrogen-bond donors (Lipinski definition) is 1. The molecule has 1 aliphatic heterocycles. The van der Waals surface area contributed by atoms with Crippen molar-refractivity contribution in [2.24, 2.45) is 5.92 Å². The van der Waals surface area contributed by atoms with Crippen LogP contribution in [-0.4, -0.2) is 49.3 Å². The third-order valence-corrected chi connectivity index (χ3v) is 9.58. The van der Waals surface area contributed by atoms with Crippen LogP contribution >= 0.6 is 35.0 Å². The average molecular weight is 479 g/mol. The van der Waals surface area contributed by atoms with E-state index in [-0.39, 0.29) is 17.6 Å². The van der Waals surface area contributed by atoms with E-state index >= 15 is 0 Å². The molecule has 1 aromatic rings. The number of nitrogens with zero attached hydrogens (tertiary/aromatic N) is 1. The zero-order valence-corrected chi connectivity index (χ0v) is 19.6. The third kappa shape index (κ3) is 6.76. The number of carbonyl (C=O) groups excluding carboxylic acids is 1. The lowest BCUT2D eigenvalue weighted by Crippen LogP contribution is -2.43. The Morgan fingerprint density at radius 2 is 1.79 bits per heavy atom. The first-order valence-electron chi connectivity index (χ1n) is 10.2. The molecular formula is C20H28Cl2N2O3S2. The molecule has 0 bridgehead atoms. The fraction of sp³-hybridized carbons (Fsp3) is 0.650. The summed E-state index contributed by atoms with van der Waals surface area (Å²) in [6, 6.07) is 4.87. The highest BCUT2D eigenvalue weighted by Crippen LogP contribution is 2.29. The van der Waals surface area contributed by atoms with E-state index in [2.05, 4.69) is 5.32 Å². The van der Waals surface area contributed by atoms with Crippen LogP contribution < -0.4 is 5.32 Å². The van der Waals surface area contributed by atoms with E-state index in [1.807, 2.05) is 11.8 Å². The standard InChI is InChI=1S/C20H28Cl2N2O3S2/c21-18-6-5-15(13-19(18)22)14-29(26,27)24-10-7-16(8-11-24)20(25)23-9-12-28-17-3-1-2-4-17/h5-6,13,16-17H,1-4,7-12,14H2,(H,23,25). The molecule has 3 rings (SSSR count). The van der Waals surface area contributed by atoms with Crippen molar-refractivity contribution in [2.45, 2.75) is 49.5 Å². The second-order valence-corrected chi connectivity index (χ2v) is 11.9. The van der Waals surface area contributed by atoms with Gasteiger partial charge in [-0.15, -0.1) is 0 Å². The molecule has 0 radical (unpaired) electrons. The maximum atomic E-state index is 12.7. The van der Waals surface area contributed by atoms with Crippen molar-refractivity contribution in [1.29, 1.82) is 0 Å². The van der Waals surface area contributed by atoms with Crippen LogP contribution in [0.4, 0.5) is 0 Å². The van der Waals surface area contributed by atoms with Crippen LogP contribution in [-0.2, 0) is 20.6 Å². The minimum absolute atomic E-state index is 0.0542. The number of rotatable bonds is 8. The number of amides is 1. The minimum Gasteiger partial charge on any atom is -0.355 e. The summed E-state index contributed by atoms with van der Waals surface area (Å²) in [6.07, 6.45) is 6.37. The van der Waals surface area contributed by atoms with E-state index in [1.165, 1.54) is 30.0 Å². The highest BCUT2D eigenvalue weighted by atomic mass is 35.5. The molecule has 5 nitrogen and oxygen atoms in total. The number of piperidine rings is 1. The van der Waals surface area contributed by atoms with Crippen molar-refractivity contribution in [3.05, 3.63) is 33.8 Å². The molecule has 0 aromatic heterocycles. The quantitative estimate of drug-likeness (QED) is 0.564. The Labute approximate surface area is 187 Å². The van der Waals surface area contributed by atoms with E-state index in [0.29, 0.717) is 48.1 Å². The lowest BCUT2D eigenvalue weighted by atomic mass is 9.97. The number of thioether (sulfide) groups is 1. The van der Waals surface area contributed by atoms with Gasteiger partial charge >= 0.3 is 0 Å². The summed E-state index contributed by atoms with van der Waals surface area (Å²) in [4.78, 5) is 12.4. The van der Waals surface area contributed by atoms with Crippen LogP contribution in [0.25, 0.3) is 0 Å². The minimum atomic E-state index is -3.45. The highest BCUT2D eigenvalue weighted by molar-refractivity contribution is 7.99. The predicted molar refractivity (Wildman–Crippen MR) is 121 cm³/mol. The summed E-state index contributed by atoms with van der Waals surface area (Å²) in [5.74, 6) is 0.786. The predicted octanol–water partition coefficient (Wildman–Crippen LogP) is 4.33. The lowest BCUT2D eigenvalue weighted by Gasteiger charge is -2.30. The van der Waals surface area contributed by atoms with Crippen LogP contribution in [0.3, 0.4) is 0 Å². The van der Waals surface area contributed by atoms with Crippen molar-refractivity contribution >= 4 is 50.9 Å². The molecule has 9 heteroatoms. The van der Waals surface area contributed by atoms with Gasteiger partial charge in [-0.25, -0.2) is 12.7 Å². The molecule has 2 aliphatic rings. The first-order chi connectivity index (χ1) is 13.8. The zero-order valence-electron chi connectivity index (χ0n) is 16.4. The number of benzene rings is 1. The molecule has 2 fully saturated rings. The Morgan fingerprint density at radius 3 is 2.45 bits per heavy atom. The molecule has 1 saturated heterocycles. The second-order valence-electron chi connectivity index (χ2n) is 7.75. The summed E-state index contributed by atoms with van der Waals surface area (Å²) in [5.41, 5.74) is 0.610. The number of sulfonamides is 1. The van der Waals surface area contributed by atoms with Gasteiger partial charge in [-0.05, 0) is 43.4 Å². The SMILES string of the molecule is O=C(NCCSC1CCCC1)C1CCN(S(=O)(=O)Cc2ccc(Cl)c(Cl)c2)CC1. The Bertz CT molecular complexity index is 806. The van der Waals surface area contributed by atoms with Crippen LogP contribution in [0.5, 0.6) is 0 Å². The van der Waals surface area contributed by atoms with Gasteiger partial charge in [0.2, 0.25) is 15.9 Å². The van der Waals surface area contributed by atoms with Gasteiger partial charge in [0.05, 0.1) is 15.8 Å². The summed E-state index contributed by atoms with van der Waals surface area (Å²) < 4.78 is 26.9. The van der Waals surface area contributed by atoms with Gasteiger partial charge in [0.15, 0.2) is 0 Å². The van der Waals surface area contributed by atoms with Crippen molar-refractivity contribution in [3.63, 3.8) is 0 Å². The summed E-state index contributed by atoms with van der Waals surface area (Å²) in [7, 11) is -3.45. The molecule has 0 spiro atoms. The highest BCUT2D eigenvalue weighted by Gasteiger charge is 2.31. The first-order valence-corrected chi connectivity index (χ1v) is 13.6. The van der Waals surface area contributed by atoms with Gasteiger partial charge in [0, 0.05) is 36.6 Å². The van der Waals surface area contributed by atoms with Crippen LogP contribution in [0, 0.1) is 5.92 Å². The van der Waals surface area contributed by atoms with E-state index in [0.717, 1.165) is 11.0 Å². The molecule has 29 heavy (non-hydrogen) atoms. The summed E-state index contributed by atoms with van der Waals surface area (Å²) in [5, 5.41) is 4.54. The molecule has 0 unspecified atom stereocenters. The Balaban J connectivity index is 1.41. The molecule has 1 amide bonds. The molecule has 1 heterocycles. The van der Waals surface area contributed by atoms with E-state index in [1.54, 1.807) is 18.2 Å². The van der Waals surface area contributed by atoms with E-state index in [4.69, 9.17) is 23.2 Å².